The number of carboxylic acids is 1. The fraction of sp³-hybridized carbons (Fsp3) is 0.278. The first-order valence-corrected chi connectivity index (χ1v) is 9.44. The van der Waals surface area contributed by atoms with Crippen LogP contribution < -0.4 is 5.56 Å². The van der Waals surface area contributed by atoms with E-state index in [2.05, 4.69) is 15.3 Å². The second-order valence-corrected chi connectivity index (χ2v) is 7.81. The van der Waals surface area contributed by atoms with E-state index in [-0.39, 0.29) is 22.5 Å². The maximum Gasteiger partial charge on any atom is 0.327 e. The highest BCUT2D eigenvalue weighted by molar-refractivity contribution is 6.31. The number of benzene rings is 1. The number of hydrogen-bond acceptors (Lipinski definition) is 5. The van der Waals surface area contributed by atoms with E-state index in [9.17, 15) is 14.7 Å². The lowest BCUT2D eigenvalue weighted by Crippen LogP contribution is -2.32. The third-order valence-electron chi connectivity index (χ3n) is 5.52. The molecule has 142 valence electrons. The van der Waals surface area contributed by atoms with Crippen LogP contribution in [-0.4, -0.2) is 35.6 Å². The summed E-state index contributed by atoms with van der Waals surface area (Å²) in [5.74, 6) is -0.572. The Labute approximate surface area is 168 Å². The van der Waals surface area contributed by atoms with Crippen molar-refractivity contribution in [3.8, 4) is 16.9 Å². The van der Waals surface area contributed by atoms with Crippen LogP contribution in [0.15, 0.2) is 35.3 Å². The first kappa shape index (κ1) is 17.4. The molecule has 0 spiro atoms. The summed E-state index contributed by atoms with van der Waals surface area (Å²) >= 11 is 12.1. The minimum Gasteiger partial charge on any atom is -0.480 e. The Bertz CT molecular complexity index is 1190. The molecule has 1 saturated carbocycles. The summed E-state index contributed by atoms with van der Waals surface area (Å²) in [6.07, 6.45) is 3.14. The second-order valence-electron chi connectivity index (χ2n) is 6.99. The highest BCUT2D eigenvalue weighted by atomic mass is 35.5. The van der Waals surface area contributed by atoms with Crippen molar-refractivity contribution in [1.82, 2.24) is 24.5 Å². The molecular weight excluding hydrogens is 405 g/mol. The van der Waals surface area contributed by atoms with Crippen LogP contribution in [0.3, 0.4) is 0 Å². The molecule has 0 radical (unpaired) electrons. The summed E-state index contributed by atoms with van der Waals surface area (Å²) in [6, 6.07) is 5.61. The fourth-order valence-corrected chi connectivity index (χ4v) is 4.47. The molecule has 3 atom stereocenters. The average Bonchev–Trinajstić information content (AvgIpc) is 3.13. The number of aromatic nitrogens is 5. The Balaban J connectivity index is 1.71. The van der Waals surface area contributed by atoms with Gasteiger partial charge in [0.25, 0.3) is 5.56 Å². The highest BCUT2D eigenvalue weighted by Crippen LogP contribution is 2.53. The van der Waals surface area contributed by atoms with E-state index in [1.54, 1.807) is 18.2 Å². The van der Waals surface area contributed by atoms with Crippen molar-refractivity contribution in [1.29, 1.82) is 0 Å². The van der Waals surface area contributed by atoms with Gasteiger partial charge in [-0.25, -0.2) is 14.5 Å². The molecule has 2 aromatic heterocycles. The number of fused-ring (bicyclic) bond motifs is 3. The molecule has 3 heterocycles. The Morgan fingerprint density at radius 1 is 1.21 bits per heavy atom. The molecule has 0 saturated heterocycles. The zero-order chi connectivity index (χ0) is 19.6. The first-order chi connectivity index (χ1) is 13.4. The van der Waals surface area contributed by atoms with Gasteiger partial charge in [-0.1, -0.05) is 28.4 Å². The van der Waals surface area contributed by atoms with E-state index in [0.717, 1.165) is 12.8 Å². The number of aliphatic carboxylic acids is 1. The molecule has 1 fully saturated rings. The third kappa shape index (κ3) is 2.48. The SMILES string of the molecule is O=C(O)[C@@H]1[C@H]2CC[C@H]2c2nc(-c3cc(Cl)ccc3-n3cc(Cl)nn3)cc(=O)n21. The van der Waals surface area contributed by atoms with E-state index in [1.165, 1.54) is 21.5 Å². The summed E-state index contributed by atoms with van der Waals surface area (Å²) in [5.41, 5.74) is 1.23. The summed E-state index contributed by atoms with van der Waals surface area (Å²) in [5, 5.41) is 18.0. The Hall–Kier alpha value is -2.71. The molecule has 0 bridgehead atoms. The van der Waals surface area contributed by atoms with Crippen LogP contribution in [0.4, 0.5) is 0 Å². The van der Waals surface area contributed by atoms with E-state index in [0.29, 0.717) is 27.8 Å². The van der Waals surface area contributed by atoms with E-state index >= 15 is 0 Å². The number of nitrogens with zero attached hydrogens (tertiary/aromatic N) is 5. The molecule has 5 rings (SSSR count). The zero-order valence-corrected chi connectivity index (χ0v) is 15.8. The fourth-order valence-electron chi connectivity index (χ4n) is 4.17. The molecule has 1 aromatic carbocycles. The van der Waals surface area contributed by atoms with Crippen LogP contribution in [0, 0.1) is 5.92 Å². The smallest absolute Gasteiger partial charge is 0.327 e. The van der Waals surface area contributed by atoms with Crippen molar-refractivity contribution in [2.45, 2.75) is 24.8 Å². The number of carbonyl (C=O) groups is 1. The Kier molecular flexibility index (Phi) is 3.82. The molecule has 1 aliphatic heterocycles. The average molecular weight is 418 g/mol. The normalized spacial score (nSPS) is 22.4. The van der Waals surface area contributed by atoms with Gasteiger partial charge in [-0.2, -0.15) is 0 Å². The van der Waals surface area contributed by atoms with Gasteiger partial charge in [0, 0.05) is 28.5 Å². The van der Waals surface area contributed by atoms with Crippen molar-refractivity contribution in [2.24, 2.45) is 5.92 Å². The number of hydrogen-bond donors (Lipinski definition) is 1. The van der Waals surface area contributed by atoms with Gasteiger partial charge in [0.1, 0.15) is 11.9 Å². The standard InChI is InChI=1S/C18H13Cl2N5O3/c19-8-1-4-13(24-7-14(20)22-23-24)11(5-8)12-6-15(26)25-16(18(27)28)9-2-3-10(9)17(25)21-12/h1,4-7,9-10,16H,2-3H2,(H,27,28)/t9-,10+,16-/m0/s1. The van der Waals surface area contributed by atoms with Gasteiger partial charge >= 0.3 is 5.97 Å². The molecular formula is C18H13Cl2N5O3. The van der Waals surface area contributed by atoms with Gasteiger partial charge in [0.2, 0.25) is 0 Å². The van der Waals surface area contributed by atoms with E-state index in [1.807, 2.05) is 0 Å². The molecule has 0 amide bonds. The van der Waals surface area contributed by atoms with Gasteiger partial charge in [-0.3, -0.25) is 9.36 Å². The quantitative estimate of drug-likeness (QED) is 0.702. The summed E-state index contributed by atoms with van der Waals surface area (Å²) in [6.45, 7) is 0. The summed E-state index contributed by atoms with van der Waals surface area (Å²) in [7, 11) is 0. The number of rotatable bonds is 3. The van der Waals surface area contributed by atoms with Crippen LogP contribution >= 0.6 is 23.2 Å². The van der Waals surface area contributed by atoms with Crippen molar-refractivity contribution in [2.75, 3.05) is 0 Å². The van der Waals surface area contributed by atoms with Crippen molar-refractivity contribution in [3.05, 3.63) is 56.8 Å². The van der Waals surface area contributed by atoms with Gasteiger partial charge < -0.3 is 5.11 Å². The van der Waals surface area contributed by atoms with Gasteiger partial charge in [-0.15, -0.1) is 5.10 Å². The van der Waals surface area contributed by atoms with Gasteiger partial charge in [0.15, 0.2) is 5.15 Å². The largest absolute Gasteiger partial charge is 0.480 e. The first-order valence-electron chi connectivity index (χ1n) is 8.68. The van der Waals surface area contributed by atoms with Crippen molar-refractivity contribution in [3.63, 3.8) is 0 Å². The second kappa shape index (κ2) is 6.15. The molecule has 1 aliphatic carbocycles. The Morgan fingerprint density at radius 2 is 2.04 bits per heavy atom. The molecule has 8 nitrogen and oxygen atoms in total. The van der Waals surface area contributed by atoms with Gasteiger partial charge in [0.05, 0.1) is 17.6 Å². The number of carboxylic acid groups (broad SMARTS) is 1. The van der Waals surface area contributed by atoms with E-state index < -0.39 is 12.0 Å². The van der Waals surface area contributed by atoms with Crippen LogP contribution in [0.5, 0.6) is 0 Å². The maximum atomic E-state index is 12.8. The van der Waals surface area contributed by atoms with Gasteiger partial charge in [-0.05, 0) is 31.0 Å². The molecule has 2 aliphatic rings. The minimum atomic E-state index is -0.995. The summed E-state index contributed by atoms with van der Waals surface area (Å²) in [4.78, 5) is 29.2. The zero-order valence-electron chi connectivity index (χ0n) is 14.3. The van der Waals surface area contributed by atoms with Crippen LogP contribution in [-0.2, 0) is 4.79 Å². The number of halogens is 2. The van der Waals surface area contributed by atoms with Crippen LogP contribution in [0.2, 0.25) is 10.2 Å². The lowest BCUT2D eigenvalue weighted by molar-refractivity contribution is -0.143. The van der Waals surface area contributed by atoms with E-state index in [4.69, 9.17) is 23.2 Å². The van der Waals surface area contributed by atoms with Crippen molar-refractivity contribution >= 4 is 29.2 Å². The minimum absolute atomic E-state index is 0.0165. The summed E-state index contributed by atoms with van der Waals surface area (Å²) < 4.78 is 2.80. The molecule has 3 aromatic rings. The molecule has 28 heavy (non-hydrogen) atoms. The highest BCUT2D eigenvalue weighted by Gasteiger charge is 2.51. The molecule has 10 heteroatoms. The molecule has 0 unspecified atom stereocenters. The predicted octanol–water partition coefficient (Wildman–Crippen LogP) is 2.93. The van der Waals surface area contributed by atoms with Crippen LogP contribution in [0.1, 0.15) is 30.6 Å². The lowest BCUT2D eigenvalue weighted by atomic mass is 9.72. The lowest BCUT2D eigenvalue weighted by Gasteiger charge is -2.30. The Morgan fingerprint density at radius 3 is 2.68 bits per heavy atom. The third-order valence-corrected chi connectivity index (χ3v) is 5.93. The monoisotopic (exact) mass is 417 g/mol. The maximum absolute atomic E-state index is 12.8. The topological polar surface area (TPSA) is 103 Å². The van der Waals surface area contributed by atoms with Crippen LogP contribution in [0.25, 0.3) is 16.9 Å². The molecule has 1 N–H and O–H groups in total. The van der Waals surface area contributed by atoms with Crippen molar-refractivity contribution < 1.29 is 9.90 Å². The predicted molar refractivity (Wildman–Crippen MR) is 101 cm³/mol.